The molecule has 7 nitrogen and oxygen atoms in total. The van der Waals surface area contributed by atoms with E-state index >= 15 is 0 Å². The average molecular weight is 373 g/mol. The number of amides is 1. The van der Waals surface area contributed by atoms with Gasteiger partial charge in [0, 0.05) is 18.3 Å². The minimum atomic E-state index is -0.766. The Kier molecular flexibility index (Phi) is 6.59. The molecule has 27 heavy (non-hydrogen) atoms. The number of nitrogens with zero attached hydrogens (tertiary/aromatic N) is 3. The number of hydrogen-bond acceptors (Lipinski definition) is 5. The molecule has 0 saturated carbocycles. The number of benzene rings is 1. The van der Waals surface area contributed by atoms with Crippen LogP contribution in [0.4, 0.5) is 4.39 Å². The highest BCUT2D eigenvalue weighted by Gasteiger charge is 2.24. The number of para-hydroxylation sites is 1. The van der Waals surface area contributed by atoms with Crippen molar-refractivity contribution < 1.29 is 18.7 Å². The lowest BCUT2D eigenvalue weighted by atomic mass is 10.2. The molecule has 1 amide bonds. The summed E-state index contributed by atoms with van der Waals surface area (Å²) in [6.07, 6.45) is 1.42. The highest BCUT2D eigenvalue weighted by atomic mass is 19.1. The smallest absolute Gasteiger partial charge is 0.325 e. The van der Waals surface area contributed by atoms with E-state index in [0.717, 1.165) is 4.90 Å². The molecule has 0 aliphatic rings. The Balaban J connectivity index is 2.47. The fraction of sp³-hybridized carbons (Fsp3) is 0.263. The van der Waals surface area contributed by atoms with Crippen molar-refractivity contribution in [3.05, 3.63) is 70.4 Å². The maximum Gasteiger partial charge on any atom is 0.325 e. The molecule has 0 bridgehead atoms. The lowest BCUT2D eigenvalue weighted by Crippen LogP contribution is -2.40. The zero-order chi connectivity index (χ0) is 20.0. The molecule has 8 heteroatoms. The van der Waals surface area contributed by atoms with Crippen LogP contribution < -0.4 is 5.43 Å². The Morgan fingerprint density at radius 2 is 2.07 bits per heavy atom. The van der Waals surface area contributed by atoms with Crippen LogP contribution in [0.25, 0.3) is 5.69 Å². The quantitative estimate of drug-likeness (QED) is 0.547. The first-order chi connectivity index (χ1) is 12.9. The van der Waals surface area contributed by atoms with Gasteiger partial charge in [0.25, 0.3) is 5.91 Å². The van der Waals surface area contributed by atoms with Gasteiger partial charge in [-0.3, -0.25) is 14.4 Å². The summed E-state index contributed by atoms with van der Waals surface area (Å²) in [5, 5.41) is 4.05. The number of rotatable bonds is 7. The van der Waals surface area contributed by atoms with Crippen molar-refractivity contribution in [2.75, 3.05) is 19.7 Å². The minimum absolute atomic E-state index is 0.0202. The van der Waals surface area contributed by atoms with E-state index in [2.05, 4.69) is 11.7 Å². The van der Waals surface area contributed by atoms with Crippen molar-refractivity contribution in [2.24, 2.45) is 0 Å². The Hall–Kier alpha value is -3.29. The van der Waals surface area contributed by atoms with Crippen molar-refractivity contribution in [1.29, 1.82) is 0 Å². The first-order valence-corrected chi connectivity index (χ1v) is 8.30. The molecule has 2 rings (SSSR count). The Morgan fingerprint density at radius 3 is 2.70 bits per heavy atom. The third-order valence-corrected chi connectivity index (χ3v) is 3.65. The van der Waals surface area contributed by atoms with Crippen LogP contribution in [0.3, 0.4) is 0 Å². The molecule has 0 N–H and O–H groups in total. The van der Waals surface area contributed by atoms with Gasteiger partial charge in [-0.1, -0.05) is 18.2 Å². The monoisotopic (exact) mass is 373 g/mol. The van der Waals surface area contributed by atoms with E-state index in [0.29, 0.717) is 5.69 Å². The lowest BCUT2D eigenvalue weighted by molar-refractivity contribution is -0.143. The van der Waals surface area contributed by atoms with Crippen molar-refractivity contribution in [3.8, 4) is 5.69 Å². The SMILES string of the molecule is C=CCN(CC(=O)OCC)C(=O)c1nn(-c2ccccc2F)c(C)cc1=O. The normalized spacial score (nSPS) is 10.3. The van der Waals surface area contributed by atoms with E-state index in [1.807, 2.05) is 0 Å². The van der Waals surface area contributed by atoms with Gasteiger partial charge in [0.1, 0.15) is 18.0 Å². The van der Waals surface area contributed by atoms with Crippen LogP contribution in [-0.2, 0) is 9.53 Å². The number of esters is 1. The summed E-state index contributed by atoms with van der Waals surface area (Å²) in [6.45, 7) is 6.60. The van der Waals surface area contributed by atoms with Gasteiger partial charge in [-0.05, 0) is 26.0 Å². The maximum atomic E-state index is 14.1. The van der Waals surface area contributed by atoms with E-state index in [-0.39, 0.29) is 25.4 Å². The van der Waals surface area contributed by atoms with Crippen LogP contribution in [-0.4, -0.2) is 46.3 Å². The number of carbonyl (C=O) groups is 2. The molecule has 0 fully saturated rings. The van der Waals surface area contributed by atoms with Gasteiger partial charge in [0.2, 0.25) is 5.43 Å². The standard InChI is InChI=1S/C19H20FN3O4/c1-4-10-22(12-17(25)27-5-2)19(26)18-16(24)11-13(3)23(21-18)15-9-7-6-8-14(15)20/h4,6-9,11H,1,5,10,12H2,2-3H3. The molecule has 0 aliphatic heterocycles. The molecule has 0 aliphatic carbocycles. The molecular formula is C19H20FN3O4. The summed E-state index contributed by atoms with van der Waals surface area (Å²) < 4.78 is 20.1. The van der Waals surface area contributed by atoms with E-state index < -0.39 is 28.8 Å². The zero-order valence-electron chi connectivity index (χ0n) is 15.1. The summed E-state index contributed by atoms with van der Waals surface area (Å²) in [7, 11) is 0. The molecule has 0 unspecified atom stereocenters. The van der Waals surface area contributed by atoms with Gasteiger partial charge in [-0.2, -0.15) is 5.10 Å². The lowest BCUT2D eigenvalue weighted by Gasteiger charge is -2.20. The molecule has 0 spiro atoms. The van der Waals surface area contributed by atoms with Gasteiger partial charge >= 0.3 is 5.97 Å². The molecule has 0 saturated heterocycles. The third kappa shape index (κ3) is 4.66. The van der Waals surface area contributed by atoms with E-state index in [9.17, 15) is 18.8 Å². The van der Waals surface area contributed by atoms with Gasteiger partial charge in [-0.15, -0.1) is 6.58 Å². The number of halogens is 1. The van der Waals surface area contributed by atoms with Crippen molar-refractivity contribution in [3.63, 3.8) is 0 Å². The van der Waals surface area contributed by atoms with Gasteiger partial charge in [-0.25, -0.2) is 9.07 Å². The highest BCUT2D eigenvalue weighted by molar-refractivity contribution is 5.94. The number of hydrogen-bond donors (Lipinski definition) is 0. The Morgan fingerprint density at radius 1 is 1.37 bits per heavy atom. The predicted molar refractivity (Wildman–Crippen MR) is 97.3 cm³/mol. The number of carbonyl (C=O) groups excluding carboxylic acids is 2. The van der Waals surface area contributed by atoms with Crippen molar-refractivity contribution in [1.82, 2.24) is 14.7 Å². The maximum absolute atomic E-state index is 14.1. The minimum Gasteiger partial charge on any atom is -0.465 e. The third-order valence-electron chi connectivity index (χ3n) is 3.65. The average Bonchev–Trinajstić information content (AvgIpc) is 2.62. The van der Waals surface area contributed by atoms with E-state index in [4.69, 9.17) is 4.74 Å². The van der Waals surface area contributed by atoms with E-state index in [1.54, 1.807) is 19.9 Å². The molecule has 0 radical (unpaired) electrons. The summed E-state index contributed by atoms with van der Waals surface area (Å²) >= 11 is 0. The predicted octanol–water partition coefficient (Wildman–Crippen LogP) is 1.87. The second kappa shape index (κ2) is 8.88. The second-order valence-corrected chi connectivity index (χ2v) is 5.64. The first-order valence-electron chi connectivity index (χ1n) is 8.30. The summed E-state index contributed by atoms with van der Waals surface area (Å²) in [4.78, 5) is 37.9. The highest BCUT2D eigenvalue weighted by Crippen LogP contribution is 2.13. The second-order valence-electron chi connectivity index (χ2n) is 5.64. The van der Waals surface area contributed by atoms with Gasteiger partial charge < -0.3 is 9.64 Å². The van der Waals surface area contributed by atoms with Crippen LogP contribution >= 0.6 is 0 Å². The molecular weight excluding hydrogens is 353 g/mol. The fourth-order valence-electron chi connectivity index (χ4n) is 2.45. The molecule has 1 aromatic carbocycles. The topological polar surface area (TPSA) is 81.5 Å². The number of aromatic nitrogens is 2. The Labute approximate surface area is 155 Å². The van der Waals surface area contributed by atoms with Crippen LogP contribution in [0.5, 0.6) is 0 Å². The van der Waals surface area contributed by atoms with E-state index in [1.165, 1.54) is 35.0 Å². The first kappa shape index (κ1) is 20.0. The van der Waals surface area contributed by atoms with Crippen LogP contribution in [0.15, 0.2) is 47.8 Å². The van der Waals surface area contributed by atoms with Gasteiger partial charge in [0.15, 0.2) is 5.69 Å². The molecule has 0 atom stereocenters. The van der Waals surface area contributed by atoms with Crippen molar-refractivity contribution in [2.45, 2.75) is 13.8 Å². The number of ether oxygens (including phenoxy) is 1. The summed E-state index contributed by atoms with van der Waals surface area (Å²) in [5.41, 5.74) is -0.579. The summed E-state index contributed by atoms with van der Waals surface area (Å²) in [6, 6.07) is 7.07. The van der Waals surface area contributed by atoms with Crippen LogP contribution in [0, 0.1) is 12.7 Å². The van der Waals surface area contributed by atoms with Crippen LogP contribution in [0.1, 0.15) is 23.1 Å². The van der Waals surface area contributed by atoms with Crippen molar-refractivity contribution >= 4 is 11.9 Å². The van der Waals surface area contributed by atoms with Crippen LogP contribution in [0.2, 0.25) is 0 Å². The molecule has 2 aromatic rings. The summed E-state index contributed by atoms with van der Waals surface area (Å²) in [5.74, 6) is -1.93. The fourth-order valence-corrected chi connectivity index (χ4v) is 2.45. The zero-order valence-corrected chi connectivity index (χ0v) is 15.1. The molecule has 142 valence electrons. The Bertz CT molecular complexity index is 923. The molecule has 1 aromatic heterocycles. The number of aryl methyl sites for hydroxylation is 1. The van der Waals surface area contributed by atoms with Gasteiger partial charge in [0.05, 0.1) is 6.61 Å². The largest absolute Gasteiger partial charge is 0.465 e. The molecule has 1 heterocycles.